The second-order valence-corrected chi connectivity index (χ2v) is 9.25. The van der Waals surface area contributed by atoms with Gasteiger partial charge in [-0.2, -0.15) is 18.2 Å². The molecule has 0 radical (unpaired) electrons. The van der Waals surface area contributed by atoms with Crippen molar-refractivity contribution in [3.63, 3.8) is 0 Å². The van der Waals surface area contributed by atoms with Gasteiger partial charge < -0.3 is 20.1 Å². The van der Waals surface area contributed by atoms with Crippen molar-refractivity contribution in [1.29, 1.82) is 0 Å². The number of aromatic nitrogens is 2. The van der Waals surface area contributed by atoms with Gasteiger partial charge in [-0.25, -0.2) is 27.3 Å². The first-order chi connectivity index (χ1) is 18.0. The van der Waals surface area contributed by atoms with E-state index in [0.717, 1.165) is 12.1 Å². The molecule has 0 saturated carbocycles. The van der Waals surface area contributed by atoms with E-state index >= 15 is 0 Å². The normalized spacial score (nSPS) is 11.6. The summed E-state index contributed by atoms with van der Waals surface area (Å²) in [5, 5.41) is 5.19. The number of rotatable bonds is 12. The highest BCUT2D eigenvalue weighted by Gasteiger charge is 2.33. The van der Waals surface area contributed by atoms with Crippen molar-refractivity contribution in [2.45, 2.75) is 18.0 Å². The van der Waals surface area contributed by atoms with Crippen LogP contribution in [-0.2, 0) is 25.7 Å². The van der Waals surface area contributed by atoms with Crippen LogP contribution in [-0.4, -0.2) is 50.7 Å². The molecule has 0 atom stereocenters. The quantitative estimate of drug-likeness (QED) is 0.173. The average molecular weight is 558 g/mol. The van der Waals surface area contributed by atoms with Gasteiger partial charge in [0.25, 0.3) is 0 Å². The van der Waals surface area contributed by atoms with Crippen LogP contribution in [0.2, 0.25) is 0 Å². The van der Waals surface area contributed by atoms with Crippen LogP contribution in [0.3, 0.4) is 0 Å². The predicted molar refractivity (Wildman–Crippen MR) is 129 cm³/mol. The molecule has 15 heteroatoms. The van der Waals surface area contributed by atoms with E-state index in [2.05, 4.69) is 25.3 Å². The maximum atomic E-state index is 13.3. The highest BCUT2D eigenvalue weighted by molar-refractivity contribution is 7.89. The number of carbonyl (C=O) groups is 1. The summed E-state index contributed by atoms with van der Waals surface area (Å²) in [4.78, 5) is 18.6. The van der Waals surface area contributed by atoms with Gasteiger partial charge in [-0.15, -0.1) is 0 Å². The zero-order chi connectivity index (χ0) is 27.8. The molecule has 204 valence electrons. The van der Waals surface area contributed by atoms with Crippen LogP contribution in [0.15, 0.2) is 59.5 Å². The smallest absolute Gasteiger partial charge is 0.433 e. The Morgan fingerprint density at radius 3 is 2.32 bits per heavy atom. The van der Waals surface area contributed by atoms with Crippen molar-refractivity contribution in [2.24, 2.45) is 0 Å². The number of nitrogens with one attached hydrogen (secondary N) is 3. The fourth-order valence-corrected chi connectivity index (χ4v) is 3.95. The van der Waals surface area contributed by atoms with Crippen LogP contribution in [0, 0.1) is 5.82 Å². The van der Waals surface area contributed by atoms with Gasteiger partial charge in [0.05, 0.1) is 11.5 Å². The maximum absolute atomic E-state index is 13.3. The van der Waals surface area contributed by atoms with Crippen molar-refractivity contribution in [2.75, 3.05) is 36.9 Å². The van der Waals surface area contributed by atoms with Gasteiger partial charge in [0.2, 0.25) is 16.0 Å². The number of nitrogens with zero attached hydrogens (tertiary/aromatic N) is 2. The number of hydrogen-bond donors (Lipinski definition) is 3. The van der Waals surface area contributed by atoms with E-state index in [1.807, 2.05) is 0 Å². The SMILES string of the molecule is CCOC(=O)COc1ccc(S(=O)(=O)NCCNc2nc(Nc3ccc(F)cc3)cc(C(F)(F)F)n2)cc1. The molecule has 3 rings (SSSR count). The molecule has 0 aliphatic heterocycles. The monoisotopic (exact) mass is 557 g/mol. The molecule has 0 bridgehead atoms. The molecule has 0 unspecified atom stereocenters. The lowest BCUT2D eigenvalue weighted by Gasteiger charge is -2.13. The number of alkyl halides is 3. The topological polar surface area (TPSA) is 132 Å². The summed E-state index contributed by atoms with van der Waals surface area (Å²) in [6, 6.07) is 10.8. The number of halogens is 4. The Bertz CT molecular complexity index is 1340. The van der Waals surface area contributed by atoms with E-state index in [9.17, 15) is 30.8 Å². The zero-order valence-electron chi connectivity index (χ0n) is 19.9. The molecule has 0 saturated heterocycles. The van der Waals surface area contributed by atoms with E-state index in [4.69, 9.17) is 9.47 Å². The van der Waals surface area contributed by atoms with E-state index in [-0.39, 0.29) is 42.8 Å². The minimum absolute atomic E-state index is 0.0953. The molecule has 3 N–H and O–H groups in total. The molecule has 0 spiro atoms. The van der Waals surface area contributed by atoms with Gasteiger partial charge in [0.1, 0.15) is 17.4 Å². The second-order valence-electron chi connectivity index (χ2n) is 7.48. The summed E-state index contributed by atoms with van der Waals surface area (Å²) in [6.07, 6.45) is -4.77. The molecule has 0 amide bonds. The Kier molecular flexibility index (Phi) is 9.41. The summed E-state index contributed by atoms with van der Waals surface area (Å²) in [5.41, 5.74) is -0.931. The lowest BCUT2D eigenvalue weighted by molar-refractivity contribution is -0.145. The second kappa shape index (κ2) is 12.5. The first-order valence-corrected chi connectivity index (χ1v) is 12.6. The molecule has 1 heterocycles. The third kappa shape index (κ3) is 8.55. The molecule has 10 nitrogen and oxygen atoms in total. The van der Waals surface area contributed by atoms with Crippen LogP contribution in [0.1, 0.15) is 12.6 Å². The van der Waals surface area contributed by atoms with Gasteiger partial charge in [-0.1, -0.05) is 0 Å². The van der Waals surface area contributed by atoms with Crippen LogP contribution >= 0.6 is 0 Å². The fourth-order valence-electron chi connectivity index (χ4n) is 2.92. The largest absolute Gasteiger partial charge is 0.482 e. The van der Waals surface area contributed by atoms with Gasteiger partial charge in [0, 0.05) is 24.8 Å². The number of benzene rings is 2. The Morgan fingerprint density at radius 2 is 1.68 bits per heavy atom. The van der Waals surface area contributed by atoms with E-state index in [0.29, 0.717) is 11.8 Å². The van der Waals surface area contributed by atoms with Crippen molar-refractivity contribution >= 4 is 33.4 Å². The fraction of sp³-hybridized carbons (Fsp3) is 0.261. The van der Waals surface area contributed by atoms with Crippen LogP contribution < -0.4 is 20.1 Å². The number of sulfonamides is 1. The molecule has 3 aromatic rings. The Morgan fingerprint density at radius 1 is 1.00 bits per heavy atom. The highest BCUT2D eigenvalue weighted by Crippen LogP contribution is 2.30. The molecular weight excluding hydrogens is 534 g/mol. The van der Waals surface area contributed by atoms with Crippen LogP contribution in [0.4, 0.5) is 35.0 Å². The van der Waals surface area contributed by atoms with Gasteiger partial charge in [-0.05, 0) is 55.5 Å². The van der Waals surface area contributed by atoms with Gasteiger partial charge in [-0.3, -0.25) is 0 Å². The molecule has 1 aromatic heterocycles. The number of carbonyl (C=O) groups excluding carboxylic acids is 1. The minimum atomic E-state index is -4.77. The third-order valence-electron chi connectivity index (χ3n) is 4.63. The van der Waals surface area contributed by atoms with Crippen molar-refractivity contribution < 1.29 is 40.2 Å². The number of anilines is 3. The van der Waals surface area contributed by atoms with Crippen LogP contribution in [0.25, 0.3) is 0 Å². The minimum Gasteiger partial charge on any atom is -0.482 e. The van der Waals surface area contributed by atoms with Crippen molar-refractivity contribution in [1.82, 2.24) is 14.7 Å². The third-order valence-corrected chi connectivity index (χ3v) is 6.11. The van der Waals surface area contributed by atoms with Crippen molar-refractivity contribution in [3.8, 4) is 5.75 Å². The molecule has 0 aliphatic rings. The molecular formula is C23H23F4N5O5S. The van der Waals surface area contributed by atoms with Crippen LogP contribution in [0.5, 0.6) is 5.75 Å². The molecule has 0 fully saturated rings. The Labute approximate surface area is 215 Å². The predicted octanol–water partition coefficient (Wildman–Crippen LogP) is 3.71. The Balaban J connectivity index is 1.59. The van der Waals surface area contributed by atoms with E-state index in [1.165, 1.54) is 36.4 Å². The highest BCUT2D eigenvalue weighted by atomic mass is 32.2. The molecule has 0 aliphatic carbocycles. The zero-order valence-corrected chi connectivity index (χ0v) is 20.7. The summed E-state index contributed by atoms with van der Waals surface area (Å²) < 4.78 is 90.2. The first kappa shape index (κ1) is 28.6. The summed E-state index contributed by atoms with van der Waals surface area (Å²) >= 11 is 0. The summed E-state index contributed by atoms with van der Waals surface area (Å²) in [6.45, 7) is 1.18. The lowest BCUT2D eigenvalue weighted by Crippen LogP contribution is -2.29. The van der Waals surface area contributed by atoms with E-state index in [1.54, 1.807) is 6.92 Å². The van der Waals surface area contributed by atoms with E-state index < -0.39 is 39.6 Å². The van der Waals surface area contributed by atoms with Crippen molar-refractivity contribution in [3.05, 3.63) is 66.1 Å². The standard InChI is InChI=1S/C23H23F4N5O5S/c1-2-36-21(33)14-37-17-7-9-18(10-8-17)38(34,35)29-12-11-28-22-31-19(23(25,26)27)13-20(32-22)30-16-5-3-15(24)4-6-16/h3-10,13,29H,2,11-12,14H2,1H3,(H2,28,30,31,32). The number of ether oxygens (including phenoxy) is 2. The maximum Gasteiger partial charge on any atom is 0.433 e. The lowest BCUT2D eigenvalue weighted by atomic mass is 10.3. The average Bonchev–Trinajstić information content (AvgIpc) is 2.87. The number of esters is 1. The Hall–Kier alpha value is -3.98. The first-order valence-electron chi connectivity index (χ1n) is 11.1. The van der Waals surface area contributed by atoms with Gasteiger partial charge in [0.15, 0.2) is 12.3 Å². The van der Waals surface area contributed by atoms with Gasteiger partial charge >= 0.3 is 12.1 Å². The summed E-state index contributed by atoms with van der Waals surface area (Å²) in [7, 11) is -3.96. The molecule has 2 aromatic carbocycles. The molecule has 38 heavy (non-hydrogen) atoms. The summed E-state index contributed by atoms with van der Waals surface area (Å²) in [5.74, 6) is -1.43. The number of hydrogen-bond acceptors (Lipinski definition) is 9.